The van der Waals surface area contributed by atoms with Crippen molar-refractivity contribution >= 4 is 11.6 Å². The number of morpholine rings is 1. The molecule has 0 spiro atoms. The fourth-order valence-corrected chi connectivity index (χ4v) is 3.00. The first-order valence-corrected chi connectivity index (χ1v) is 7.54. The molecular weight excluding hydrogens is 266 g/mol. The predicted octanol–water partition coefficient (Wildman–Crippen LogP) is 2.11. The molecule has 2 heterocycles. The van der Waals surface area contributed by atoms with Gasteiger partial charge in [-0.15, -0.1) is 0 Å². The summed E-state index contributed by atoms with van der Waals surface area (Å²) in [7, 11) is 0. The van der Waals surface area contributed by atoms with E-state index in [4.69, 9.17) is 10.6 Å². The molecular formula is C15H27N5O. The maximum Gasteiger partial charge on any atom is 0.145 e. The fraction of sp³-hybridized carbons (Fsp3) is 0.733. The zero-order valence-corrected chi connectivity index (χ0v) is 13.7. The largest absolute Gasteiger partial charge is 0.366 e. The van der Waals surface area contributed by atoms with Gasteiger partial charge < -0.3 is 15.1 Å². The van der Waals surface area contributed by atoms with Gasteiger partial charge in [-0.1, -0.05) is 6.92 Å². The summed E-state index contributed by atoms with van der Waals surface area (Å²) >= 11 is 0. The van der Waals surface area contributed by atoms with Crippen molar-refractivity contribution in [3.8, 4) is 0 Å². The van der Waals surface area contributed by atoms with Crippen LogP contribution in [0.25, 0.3) is 0 Å². The number of hydrogen-bond donors (Lipinski definition) is 2. The number of nitrogens with two attached hydrogens (primary N) is 1. The number of hydrogen-bond acceptors (Lipinski definition) is 6. The van der Waals surface area contributed by atoms with Crippen LogP contribution in [0.4, 0.5) is 11.6 Å². The highest BCUT2D eigenvalue weighted by Gasteiger charge is 2.38. The Kier molecular flexibility index (Phi) is 4.39. The highest BCUT2D eigenvalue weighted by molar-refractivity contribution is 5.50. The highest BCUT2D eigenvalue weighted by Crippen LogP contribution is 2.31. The SMILES string of the molecule is CCCc1nc(NN)cc(N2CC(C)(C)OC(C)(C)C2)n1. The molecule has 0 aromatic carbocycles. The monoisotopic (exact) mass is 293 g/mol. The van der Waals surface area contributed by atoms with Crippen LogP contribution in [0.15, 0.2) is 6.07 Å². The van der Waals surface area contributed by atoms with Gasteiger partial charge in [0, 0.05) is 25.6 Å². The van der Waals surface area contributed by atoms with Crippen LogP contribution in [-0.4, -0.2) is 34.3 Å². The summed E-state index contributed by atoms with van der Waals surface area (Å²) in [6.07, 6.45) is 1.85. The maximum absolute atomic E-state index is 6.12. The number of rotatable bonds is 4. The molecule has 21 heavy (non-hydrogen) atoms. The smallest absolute Gasteiger partial charge is 0.145 e. The van der Waals surface area contributed by atoms with Crippen molar-refractivity contribution < 1.29 is 4.74 Å². The van der Waals surface area contributed by atoms with Gasteiger partial charge in [0.05, 0.1) is 11.2 Å². The Balaban J connectivity index is 2.33. The van der Waals surface area contributed by atoms with E-state index >= 15 is 0 Å². The second-order valence-corrected chi connectivity index (χ2v) is 6.90. The standard InChI is InChI=1S/C15H27N5O/c1-6-7-11-17-12(19-16)8-13(18-11)20-9-14(2,3)21-15(4,5)10-20/h8H,6-7,9-10,16H2,1-5H3,(H,17,18,19). The maximum atomic E-state index is 6.12. The number of aryl methyl sites for hydroxylation is 1. The summed E-state index contributed by atoms with van der Waals surface area (Å²) in [6, 6.07) is 1.90. The van der Waals surface area contributed by atoms with Crippen molar-refractivity contribution in [2.75, 3.05) is 23.4 Å². The quantitative estimate of drug-likeness (QED) is 0.654. The average Bonchev–Trinajstić information content (AvgIpc) is 2.35. The Morgan fingerprint density at radius 3 is 2.38 bits per heavy atom. The number of hydrazine groups is 1. The van der Waals surface area contributed by atoms with Crippen molar-refractivity contribution in [3.63, 3.8) is 0 Å². The van der Waals surface area contributed by atoms with Crippen LogP contribution in [0, 0.1) is 0 Å². The van der Waals surface area contributed by atoms with Gasteiger partial charge in [0.2, 0.25) is 0 Å². The van der Waals surface area contributed by atoms with Gasteiger partial charge in [-0.2, -0.15) is 0 Å². The van der Waals surface area contributed by atoms with E-state index in [9.17, 15) is 0 Å². The Morgan fingerprint density at radius 1 is 1.24 bits per heavy atom. The van der Waals surface area contributed by atoms with Crippen LogP contribution in [0.2, 0.25) is 0 Å². The van der Waals surface area contributed by atoms with Crippen LogP contribution < -0.4 is 16.2 Å². The van der Waals surface area contributed by atoms with Crippen molar-refractivity contribution in [3.05, 3.63) is 11.9 Å². The molecule has 0 atom stereocenters. The van der Waals surface area contributed by atoms with Crippen LogP contribution in [0.1, 0.15) is 46.9 Å². The van der Waals surface area contributed by atoms with Gasteiger partial charge in [-0.25, -0.2) is 15.8 Å². The molecule has 3 N–H and O–H groups in total. The summed E-state index contributed by atoms with van der Waals surface area (Å²) in [4.78, 5) is 11.3. The molecule has 0 amide bonds. The summed E-state index contributed by atoms with van der Waals surface area (Å²) in [5.74, 6) is 7.93. The molecule has 2 rings (SSSR count). The van der Waals surface area contributed by atoms with E-state index in [1.165, 1.54) is 0 Å². The third-order valence-electron chi connectivity index (χ3n) is 3.40. The number of nitrogen functional groups attached to an aromatic ring is 1. The zero-order valence-electron chi connectivity index (χ0n) is 13.7. The third kappa shape index (κ3) is 4.04. The molecule has 6 nitrogen and oxygen atoms in total. The van der Waals surface area contributed by atoms with Crippen LogP contribution in [0.3, 0.4) is 0 Å². The van der Waals surface area contributed by atoms with Crippen molar-refractivity contribution in [1.29, 1.82) is 0 Å². The van der Waals surface area contributed by atoms with E-state index in [2.05, 4.69) is 54.9 Å². The molecule has 1 aromatic heterocycles. The van der Waals surface area contributed by atoms with E-state index in [1.54, 1.807) is 0 Å². The first-order valence-electron chi connectivity index (χ1n) is 7.54. The number of anilines is 2. The highest BCUT2D eigenvalue weighted by atomic mass is 16.5. The first-order chi connectivity index (χ1) is 9.74. The average molecular weight is 293 g/mol. The van der Waals surface area contributed by atoms with E-state index < -0.39 is 0 Å². The molecule has 1 aromatic rings. The topological polar surface area (TPSA) is 76.3 Å². The summed E-state index contributed by atoms with van der Waals surface area (Å²) in [6.45, 7) is 12.1. The Hall–Kier alpha value is -1.40. The number of ether oxygens (including phenoxy) is 1. The molecule has 0 aliphatic carbocycles. The zero-order chi connectivity index (χ0) is 15.7. The minimum absolute atomic E-state index is 0.214. The number of nitrogens with one attached hydrogen (secondary N) is 1. The lowest BCUT2D eigenvalue weighted by Gasteiger charge is -2.47. The third-order valence-corrected chi connectivity index (χ3v) is 3.40. The number of nitrogens with zero attached hydrogens (tertiary/aromatic N) is 3. The summed E-state index contributed by atoms with van der Waals surface area (Å²) in [5, 5.41) is 0. The second kappa shape index (κ2) is 5.77. The van der Waals surface area contributed by atoms with E-state index in [1.807, 2.05) is 6.07 Å². The van der Waals surface area contributed by atoms with E-state index in [-0.39, 0.29) is 11.2 Å². The van der Waals surface area contributed by atoms with Crippen LogP contribution in [0.5, 0.6) is 0 Å². The van der Waals surface area contributed by atoms with Crippen molar-refractivity contribution in [1.82, 2.24) is 9.97 Å². The summed E-state index contributed by atoms with van der Waals surface area (Å²) in [5.41, 5.74) is 2.21. The molecule has 0 radical (unpaired) electrons. The molecule has 0 bridgehead atoms. The Morgan fingerprint density at radius 2 is 1.86 bits per heavy atom. The molecule has 0 unspecified atom stereocenters. The fourth-order valence-electron chi connectivity index (χ4n) is 3.00. The van der Waals surface area contributed by atoms with Crippen LogP contribution >= 0.6 is 0 Å². The lowest BCUT2D eigenvalue weighted by Crippen LogP contribution is -2.57. The van der Waals surface area contributed by atoms with E-state index in [0.29, 0.717) is 5.82 Å². The van der Waals surface area contributed by atoms with Crippen LogP contribution in [-0.2, 0) is 11.2 Å². The minimum Gasteiger partial charge on any atom is -0.366 e. The van der Waals surface area contributed by atoms with Crippen molar-refractivity contribution in [2.24, 2.45) is 5.84 Å². The molecule has 1 aliphatic heterocycles. The molecule has 1 saturated heterocycles. The normalized spacial score (nSPS) is 20.4. The Labute approximate surface area is 127 Å². The van der Waals surface area contributed by atoms with Gasteiger partial charge in [0.1, 0.15) is 17.5 Å². The number of aromatic nitrogens is 2. The van der Waals surface area contributed by atoms with Gasteiger partial charge >= 0.3 is 0 Å². The lowest BCUT2D eigenvalue weighted by atomic mass is 9.99. The second-order valence-electron chi connectivity index (χ2n) is 6.90. The molecule has 0 saturated carbocycles. The minimum atomic E-state index is -0.214. The molecule has 1 aliphatic rings. The van der Waals surface area contributed by atoms with Gasteiger partial charge in [0.15, 0.2) is 0 Å². The molecule has 6 heteroatoms. The predicted molar refractivity (Wildman–Crippen MR) is 85.3 cm³/mol. The summed E-state index contributed by atoms with van der Waals surface area (Å²) < 4.78 is 6.12. The molecule has 1 fully saturated rings. The van der Waals surface area contributed by atoms with E-state index in [0.717, 1.165) is 37.6 Å². The van der Waals surface area contributed by atoms with Gasteiger partial charge in [0.25, 0.3) is 0 Å². The van der Waals surface area contributed by atoms with Crippen molar-refractivity contribution in [2.45, 2.75) is 58.7 Å². The lowest BCUT2D eigenvalue weighted by molar-refractivity contribution is -0.133. The molecule has 118 valence electrons. The van der Waals surface area contributed by atoms with Gasteiger partial charge in [-0.3, -0.25) is 0 Å². The first kappa shape index (κ1) is 16.0. The Bertz CT molecular complexity index is 485. The van der Waals surface area contributed by atoms with Gasteiger partial charge in [-0.05, 0) is 34.1 Å².